The molecule has 0 spiro atoms. The van der Waals surface area contributed by atoms with Gasteiger partial charge < -0.3 is 20.1 Å². The number of amides is 1. The van der Waals surface area contributed by atoms with Crippen LogP contribution in [0.2, 0.25) is 0 Å². The number of carbonyl (C=O) groups is 2. The maximum absolute atomic E-state index is 12.1. The molecule has 9 nitrogen and oxygen atoms in total. The Morgan fingerprint density at radius 2 is 0.895 bits per heavy atom. The van der Waals surface area contributed by atoms with Crippen molar-refractivity contribution in [1.29, 1.82) is 0 Å². The molecular weight excluding hydrogens is 737 g/mol. The van der Waals surface area contributed by atoms with Crippen LogP contribution < -0.4 is 5.32 Å². The number of allylic oxidation sites excluding steroid dienone is 4. The van der Waals surface area contributed by atoms with E-state index in [0.717, 1.165) is 57.8 Å². The van der Waals surface area contributed by atoms with Crippen LogP contribution in [0.5, 0.6) is 0 Å². The van der Waals surface area contributed by atoms with Crippen LogP contribution in [-0.4, -0.2) is 54.3 Å². The summed E-state index contributed by atoms with van der Waals surface area (Å²) in [5, 5.41) is 12.7. The first-order chi connectivity index (χ1) is 27.8. The lowest BCUT2D eigenvalue weighted by atomic mass is 10.0. The number of hydrogen-bond donors (Lipinski definition) is 3. The number of phosphoric ester groups is 1. The number of ether oxygens (including phenoxy) is 1. The summed E-state index contributed by atoms with van der Waals surface area (Å²) in [6.07, 6.45) is 48.3. The molecule has 2 unspecified atom stereocenters. The predicted molar refractivity (Wildman–Crippen MR) is 238 cm³/mol. The van der Waals surface area contributed by atoms with E-state index < -0.39 is 26.5 Å². The fourth-order valence-electron chi connectivity index (χ4n) is 6.72. The summed E-state index contributed by atoms with van der Waals surface area (Å²) in [5.41, 5.74) is 0. The Morgan fingerprint density at radius 1 is 0.526 bits per heavy atom. The van der Waals surface area contributed by atoms with E-state index in [4.69, 9.17) is 13.8 Å². The molecule has 0 fully saturated rings. The summed E-state index contributed by atoms with van der Waals surface area (Å²) in [5.74, 6) is -0.519. The molecule has 0 heterocycles. The third-order valence-corrected chi connectivity index (χ3v) is 11.3. The van der Waals surface area contributed by atoms with Gasteiger partial charge in [0.2, 0.25) is 5.91 Å². The molecule has 1 amide bonds. The second-order valence-electron chi connectivity index (χ2n) is 16.1. The number of nitrogens with one attached hydrogen (secondary N) is 1. The predicted octanol–water partition coefficient (Wildman–Crippen LogP) is 13.6. The average molecular weight is 828 g/mol. The van der Waals surface area contributed by atoms with Crippen molar-refractivity contribution in [3.63, 3.8) is 0 Å². The molecule has 0 aliphatic carbocycles. The van der Waals surface area contributed by atoms with E-state index >= 15 is 0 Å². The molecule has 0 aliphatic rings. The van der Waals surface area contributed by atoms with Crippen molar-refractivity contribution in [3.8, 4) is 0 Å². The van der Waals surface area contributed by atoms with Gasteiger partial charge in [-0.3, -0.25) is 18.6 Å². The highest BCUT2D eigenvalue weighted by atomic mass is 31.2. The number of hydrogen-bond acceptors (Lipinski definition) is 7. The zero-order valence-corrected chi connectivity index (χ0v) is 37.9. The fourth-order valence-corrected chi connectivity index (χ4v) is 7.48. The first-order valence-electron chi connectivity index (χ1n) is 23.8. The molecule has 0 bridgehead atoms. The number of esters is 1. The Labute approximate surface area is 350 Å². The zero-order valence-electron chi connectivity index (χ0n) is 37.0. The summed E-state index contributed by atoms with van der Waals surface area (Å²) in [7, 11) is -4.42. The summed E-state index contributed by atoms with van der Waals surface area (Å²) < 4.78 is 26.9. The van der Waals surface area contributed by atoms with Gasteiger partial charge in [0.1, 0.15) is 12.7 Å². The number of rotatable bonds is 45. The lowest BCUT2D eigenvalue weighted by molar-refractivity contribution is -0.147. The van der Waals surface area contributed by atoms with Crippen LogP contribution in [-0.2, 0) is 27.9 Å². The van der Waals surface area contributed by atoms with Gasteiger partial charge in [-0.05, 0) is 64.2 Å². The molecule has 0 saturated carbocycles. The highest BCUT2D eigenvalue weighted by Crippen LogP contribution is 2.42. The summed E-state index contributed by atoms with van der Waals surface area (Å²) in [6, 6.07) is 0. The molecule has 2 atom stereocenters. The highest BCUT2D eigenvalue weighted by Gasteiger charge is 2.23. The van der Waals surface area contributed by atoms with Crippen molar-refractivity contribution in [2.24, 2.45) is 0 Å². The minimum absolute atomic E-state index is 0.0826. The Hall–Kier alpha value is -1.51. The normalized spacial score (nSPS) is 13.4. The maximum atomic E-state index is 12.1. The van der Waals surface area contributed by atoms with Gasteiger partial charge in [0.25, 0.3) is 0 Å². The highest BCUT2D eigenvalue weighted by molar-refractivity contribution is 7.47. The van der Waals surface area contributed by atoms with E-state index in [9.17, 15) is 24.2 Å². The van der Waals surface area contributed by atoms with E-state index in [-0.39, 0.29) is 32.1 Å². The van der Waals surface area contributed by atoms with Gasteiger partial charge in [0, 0.05) is 19.4 Å². The van der Waals surface area contributed by atoms with Crippen LogP contribution in [0.1, 0.15) is 232 Å². The largest absolute Gasteiger partial charge is 0.472 e. The number of carbonyl (C=O) groups excluding carboxylic acids is 2. The zero-order chi connectivity index (χ0) is 41.8. The lowest BCUT2D eigenvalue weighted by Crippen LogP contribution is -2.27. The van der Waals surface area contributed by atoms with Gasteiger partial charge in [-0.15, -0.1) is 0 Å². The first kappa shape index (κ1) is 55.5. The Balaban J connectivity index is 3.55. The molecule has 10 heteroatoms. The minimum atomic E-state index is -4.42. The number of aliphatic hydroxyl groups excluding tert-OH is 1. The Kier molecular flexibility index (Phi) is 42.9. The Morgan fingerprint density at radius 3 is 1.32 bits per heavy atom. The van der Waals surface area contributed by atoms with Gasteiger partial charge in [-0.1, -0.05) is 179 Å². The standard InChI is InChI=1S/C47H90NO8P/c1-3-5-7-9-11-13-15-17-19-20-21-22-23-24-26-27-29-31-33-35-37-39-46(50)48-41-42-55-57(52,53)56-44-45(49)43-54-47(51)40-38-36-34-32-30-28-25-18-16-14-12-10-8-6-4-2/h17-19,25,45,49H,3-16,20-24,26-44H2,1-2H3,(H,48,50)(H,52,53)/b19-17+,25-18-. The van der Waals surface area contributed by atoms with Crippen molar-refractivity contribution in [1.82, 2.24) is 5.32 Å². The van der Waals surface area contributed by atoms with Crippen molar-refractivity contribution >= 4 is 19.7 Å². The fraction of sp³-hybridized carbons (Fsp3) is 0.872. The van der Waals surface area contributed by atoms with Gasteiger partial charge in [-0.2, -0.15) is 0 Å². The molecule has 0 aliphatic heterocycles. The van der Waals surface area contributed by atoms with E-state index in [2.05, 4.69) is 43.5 Å². The molecule has 0 rings (SSSR count). The quantitative estimate of drug-likeness (QED) is 0.0239. The van der Waals surface area contributed by atoms with Crippen LogP contribution in [0.25, 0.3) is 0 Å². The molecule has 0 aromatic carbocycles. The number of aliphatic hydroxyl groups is 1. The second-order valence-corrected chi connectivity index (χ2v) is 17.5. The third kappa shape index (κ3) is 45.4. The van der Waals surface area contributed by atoms with Crippen molar-refractivity contribution in [2.75, 3.05) is 26.4 Å². The van der Waals surface area contributed by atoms with Crippen LogP contribution in [0.15, 0.2) is 24.3 Å². The van der Waals surface area contributed by atoms with Crippen molar-refractivity contribution in [2.45, 2.75) is 238 Å². The Bertz CT molecular complexity index is 990. The topological polar surface area (TPSA) is 131 Å². The van der Waals surface area contributed by atoms with E-state index in [1.54, 1.807) is 0 Å². The summed E-state index contributed by atoms with van der Waals surface area (Å²) in [6.45, 7) is 3.56. The van der Waals surface area contributed by atoms with Crippen molar-refractivity contribution < 1.29 is 37.9 Å². The molecule has 336 valence electrons. The molecule has 57 heavy (non-hydrogen) atoms. The van der Waals surface area contributed by atoms with Crippen LogP contribution in [0.3, 0.4) is 0 Å². The number of phosphoric acid groups is 1. The molecular formula is C47H90NO8P. The van der Waals surface area contributed by atoms with Gasteiger partial charge >= 0.3 is 13.8 Å². The van der Waals surface area contributed by atoms with Crippen LogP contribution >= 0.6 is 7.82 Å². The van der Waals surface area contributed by atoms with E-state index in [1.165, 1.54) is 148 Å². The smallest absolute Gasteiger partial charge is 0.463 e. The van der Waals surface area contributed by atoms with Gasteiger partial charge in [0.15, 0.2) is 0 Å². The summed E-state index contributed by atoms with van der Waals surface area (Å²) in [4.78, 5) is 34.0. The van der Waals surface area contributed by atoms with Crippen LogP contribution in [0, 0.1) is 0 Å². The lowest BCUT2D eigenvalue weighted by Gasteiger charge is -2.15. The molecule has 0 saturated heterocycles. The molecule has 0 radical (unpaired) electrons. The average Bonchev–Trinajstić information content (AvgIpc) is 3.20. The summed E-state index contributed by atoms with van der Waals surface area (Å²) >= 11 is 0. The monoisotopic (exact) mass is 828 g/mol. The van der Waals surface area contributed by atoms with Gasteiger partial charge in [0.05, 0.1) is 13.2 Å². The second kappa shape index (κ2) is 44.1. The van der Waals surface area contributed by atoms with E-state index in [1.807, 2.05) is 0 Å². The molecule has 0 aromatic heterocycles. The van der Waals surface area contributed by atoms with Gasteiger partial charge in [-0.25, -0.2) is 4.57 Å². The van der Waals surface area contributed by atoms with Crippen molar-refractivity contribution in [3.05, 3.63) is 24.3 Å². The van der Waals surface area contributed by atoms with Crippen LogP contribution in [0.4, 0.5) is 0 Å². The SMILES string of the molecule is CCCCCCCC/C=C\CCCCCCCC(=O)OCC(O)COP(=O)(O)OCCNC(=O)CCCCCCCCCCCCC/C=C/CCCCCCCC. The molecule has 0 aromatic rings. The molecule has 3 N–H and O–H groups in total. The minimum Gasteiger partial charge on any atom is -0.463 e. The van der Waals surface area contributed by atoms with E-state index in [0.29, 0.717) is 6.42 Å². The first-order valence-corrected chi connectivity index (χ1v) is 25.3. The third-order valence-electron chi connectivity index (χ3n) is 10.4. The number of unbranched alkanes of at least 4 members (excludes halogenated alkanes) is 28. The maximum Gasteiger partial charge on any atom is 0.472 e.